The number of nitrogens with zero attached hydrogens (tertiary/aromatic N) is 5. The first-order valence-electron chi connectivity index (χ1n) is 11.3. The topological polar surface area (TPSA) is 148 Å². The zero-order valence-corrected chi connectivity index (χ0v) is 20.7. The first-order valence-corrected chi connectivity index (χ1v) is 11.3. The second kappa shape index (κ2) is 8.21. The Kier molecular flexibility index (Phi) is 6.37. The van der Waals surface area contributed by atoms with Crippen LogP contribution in [0, 0.1) is 0 Å². The quantitative estimate of drug-likeness (QED) is 0.290. The highest BCUT2D eigenvalue weighted by atomic mass is 16.5. The lowest BCUT2D eigenvalue weighted by atomic mass is 9.79. The molecule has 2 fully saturated rings. The third kappa shape index (κ3) is 5.07. The Morgan fingerprint density at radius 1 is 0.656 bits per heavy atom. The van der Waals surface area contributed by atoms with E-state index in [1.807, 2.05) is 55.4 Å². The number of nitrogen functional groups attached to an aromatic ring is 1. The van der Waals surface area contributed by atoms with Crippen LogP contribution < -0.4 is 21.9 Å². The normalized spacial score (nSPS) is 26.0. The van der Waals surface area contributed by atoms with E-state index in [4.69, 9.17) is 5.84 Å². The maximum Gasteiger partial charge on any atom is 0.243 e. The predicted molar refractivity (Wildman–Crippen MR) is 124 cm³/mol. The number of nitrogens with one attached hydrogen (secondary N) is 3. The molecular weight excluding hydrogens is 410 g/mol. The van der Waals surface area contributed by atoms with Crippen molar-refractivity contribution in [2.45, 2.75) is 115 Å². The summed E-state index contributed by atoms with van der Waals surface area (Å²) in [5.74, 6) is 6.74. The third-order valence-corrected chi connectivity index (χ3v) is 6.71. The van der Waals surface area contributed by atoms with Gasteiger partial charge in [-0.25, -0.2) is 5.84 Å². The van der Waals surface area contributed by atoms with Crippen LogP contribution in [0.2, 0.25) is 0 Å². The molecule has 11 nitrogen and oxygen atoms in total. The molecule has 2 aliphatic heterocycles. The highest BCUT2D eigenvalue weighted by Crippen LogP contribution is 2.39. The van der Waals surface area contributed by atoms with Gasteiger partial charge in [-0.1, -0.05) is 0 Å². The minimum absolute atomic E-state index is 0.0692. The maximum atomic E-state index is 10.6. The largest absolute Gasteiger partial charge is 0.351 e. The van der Waals surface area contributed by atoms with Crippen LogP contribution in [0.1, 0.15) is 81.1 Å². The van der Waals surface area contributed by atoms with Crippen molar-refractivity contribution < 1.29 is 10.4 Å². The summed E-state index contributed by atoms with van der Waals surface area (Å²) < 4.78 is 0. The molecule has 0 bridgehead atoms. The van der Waals surface area contributed by atoms with E-state index in [2.05, 4.69) is 31.0 Å². The van der Waals surface area contributed by atoms with Crippen LogP contribution in [-0.4, -0.2) is 69.7 Å². The van der Waals surface area contributed by atoms with E-state index < -0.39 is 22.2 Å². The van der Waals surface area contributed by atoms with Crippen molar-refractivity contribution in [3.63, 3.8) is 0 Å². The predicted octanol–water partition coefficient (Wildman–Crippen LogP) is 2.80. The minimum atomic E-state index is -0.391. The summed E-state index contributed by atoms with van der Waals surface area (Å²) >= 11 is 0. The molecule has 3 heterocycles. The Morgan fingerprint density at radius 2 is 0.938 bits per heavy atom. The van der Waals surface area contributed by atoms with Gasteiger partial charge in [0.25, 0.3) is 0 Å². The van der Waals surface area contributed by atoms with Crippen molar-refractivity contribution in [3.05, 3.63) is 0 Å². The molecule has 11 heteroatoms. The minimum Gasteiger partial charge on any atom is -0.351 e. The zero-order valence-electron chi connectivity index (χ0n) is 20.7. The van der Waals surface area contributed by atoms with E-state index in [9.17, 15) is 10.4 Å². The molecule has 0 radical (unpaired) electrons. The highest BCUT2D eigenvalue weighted by molar-refractivity contribution is 5.43. The first-order chi connectivity index (χ1) is 14.6. The van der Waals surface area contributed by atoms with Gasteiger partial charge in [0.2, 0.25) is 17.8 Å². The van der Waals surface area contributed by atoms with Crippen molar-refractivity contribution in [2.24, 2.45) is 5.84 Å². The van der Waals surface area contributed by atoms with Gasteiger partial charge < -0.3 is 21.0 Å². The summed E-state index contributed by atoms with van der Waals surface area (Å²) in [4.78, 5) is 13.4. The molecular formula is C21H41N9O2. The lowest BCUT2D eigenvalue weighted by Crippen LogP contribution is -2.61. The van der Waals surface area contributed by atoms with Crippen LogP contribution >= 0.6 is 0 Å². The molecule has 0 spiro atoms. The molecule has 0 unspecified atom stereocenters. The molecule has 32 heavy (non-hydrogen) atoms. The van der Waals surface area contributed by atoms with Crippen LogP contribution in [0.25, 0.3) is 0 Å². The molecule has 2 aliphatic rings. The first kappa shape index (κ1) is 24.8. The van der Waals surface area contributed by atoms with Gasteiger partial charge in [-0.15, -0.1) is 0 Å². The molecule has 0 aliphatic carbocycles. The average molecular weight is 452 g/mol. The Labute approximate surface area is 191 Å². The lowest BCUT2D eigenvalue weighted by Gasteiger charge is -2.51. The van der Waals surface area contributed by atoms with E-state index in [1.54, 1.807) is 0 Å². The van der Waals surface area contributed by atoms with Gasteiger partial charge in [-0.05, 0) is 81.1 Å². The standard InChI is InChI=1S/C21H41N9O2/c1-18(2)9-13(10-19(3,4)29(18)31)23-15-25-16(27-17(26-15)28-22)24-14-11-20(5,6)30(32)21(7,8)12-14/h13-14,31-32H,9-12,22H2,1-8H3,(H3,23,24,25,26,27,28). The molecule has 0 saturated carbocycles. The van der Waals surface area contributed by atoms with Crippen LogP contribution in [0.15, 0.2) is 0 Å². The molecule has 0 aromatic carbocycles. The zero-order chi connectivity index (χ0) is 24.1. The van der Waals surface area contributed by atoms with Crippen LogP contribution in [-0.2, 0) is 0 Å². The maximum absolute atomic E-state index is 10.6. The molecule has 1 aromatic rings. The van der Waals surface area contributed by atoms with Crippen molar-refractivity contribution >= 4 is 17.8 Å². The van der Waals surface area contributed by atoms with Crippen molar-refractivity contribution in [3.8, 4) is 0 Å². The molecule has 7 N–H and O–H groups in total. The number of rotatable bonds is 5. The van der Waals surface area contributed by atoms with Gasteiger partial charge in [0.15, 0.2) is 0 Å². The van der Waals surface area contributed by atoms with E-state index in [0.717, 1.165) is 25.7 Å². The lowest BCUT2D eigenvalue weighted by molar-refractivity contribution is -0.243. The summed E-state index contributed by atoms with van der Waals surface area (Å²) in [6, 6.07) is 0.138. The summed E-state index contributed by atoms with van der Waals surface area (Å²) in [7, 11) is 0. The van der Waals surface area contributed by atoms with E-state index >= 15 is 0 Å². The highest BCUT2D eigenvalue weighted by Gasteiger charge is 2.46. The van der Waals surface area contributed by atoms with E-state index in [0.29, 0.717) is 11.9 Å². The van der Waals surface area contributed by atoms with Gasteiger partial charge in [0.1, 0.15) is 0 Å². The number of hydrazine groups is 1. The van der Waals surface area contributed by atoms with E-state index in [-0.39, 0.29) is 18.0 Å². The molecule has 0 atom stereocenters. The summed E-state index contributed by atoms with van der Waals surface area (Å²) in [6.07, 6.45) is 2.91. The van der Waals surface area contributed by atoms with Crippen molar-refractivity contribution in [1.29, 1.82) is 0 Å². The number of piperidine rings is 2. The fraction of sp³-hybridized carbons (Fsp3) is 0.857. The fourth-order valence-electron chi connectivity index (χ4n) is 5.68. The smallest absolute Gasteiger partial charge is 0.243 e. The number of hydrogen-bond donors (Lipinski definition) is 6. The number of anilines is 3. The molecule has 1 aromatic heterocycles. The average Bonchev–Trinajstić information content (AvgIpc) is 2.63. The van der Waals surface area contributed by atoms with Gasteiger partial charge in [0.05, 0.1) is 0 Å². The Balaban J connectivity index is 1.79. The van der Waals surface area contributed by atoms with Crippen molar-refractivity contribution in [1.82, 2.24) is 25.1 Å². The Hall–Kier alpha value is -1.79. The number of aromatic nitrogens is 3. The number of hydrogen-bond acceptors (Lipinski definition) is 11. The molecule has 3 rings (SSSR count). The summed E-state index contributed by atoms with van der Waals surface area (Å²) in [5, 5.41) is 30.9. The summed E-state index contributed by atoms with van der Waals surface area (Å²) in [5.41, 5.74) is 0.959. The molecule has 2 saturated heterocycles. The van der Waals surface area contributed by atoms with Crippen LogP contribution in [0.3, 0.4) is 0 Å². The molecule has 0 amide bonds. The Morgan fingerprint density at radius 3 is 1.22 bits per heavy atom. The van der Waals surface area contributed by atoms with Gasteiger partial charge >= 0.3 is 0 Å². The van der Waals surface area contributed by atoms with Gasteiger partial charge in [0, 0.05) is 34.2 Å². The number of nitrogens with two attached hydrogens (primary N) is 1. The van der Waals surface area contributed by atoms with Gasteiger partial charge in [-0.2, -0.15) is 25.1 Å². The van der Waals surface area contributed by atoms with Gasteiger partial charge in [-0.3, -0.25) is 5.43 Å². The Bertz CT molecular complexity index is 729. The fourth-order valence-corrected chi connectivity index (χ4v) is 5.68. The second-order valence-electron chi connectivity index (χ2n) is 11.8. The number of hydroxylamine groups is 4. The van der Waals surface area contributed by atoms with Crippen molar-refractivity contribution in [2.75, 3.05) is 16.1 Å². The molecule has 182 valence electrons. The second-order valence-corrected chi connectivity index (χ2v) is 11.8. The van der Waals surface area contributed by atoms with E-state index in [1.165, 1.54) is 10.1 Å². The third-order valence-electron chi connectivity index (χ3n) is 6.71. The van der Waals surface area contributed by atoms with Crippen LogP contribution in [0.5, 0.6) is 0 Å². The SMILES string of the molecule is CC1(C)CC(Nc2nc(NN)nc(NC3CC(C)(C)N(O)C(C)(C)C3)n2)CC(C)(C)N1O. The summed E-state index contributed by atoms with van der Waals surface area (Å²) in [6.45, 7) is 16.2. The van der Waals surface area contributed by atoms with Crippen LogP contribution in [0.4, 0.5) is 17.8 Å². The monoisotopic (exact) mass is 451 g/mol.